The Balaban J connectivity index is 1.64. The quantitative estimate of drug-likeness (QED) is 0.266. The zero-order valence-corrected chi connectivity index (χ0v) is 17.9. The maximum Gasteiger partial charge on any atom is 0.267 e. The molecule has 30 heavy (non-hydrogen) atoms. The van der Waals surface area contributed by atoms with Crippen molar-refractivity contribution >= 4 is 51.1 Å². The van der Waals surface area contributed by atoms with Crippen molar-refractivity contribution in [2.75, 3.05) is 0 Å². The molecule has 150 valence electrons. The standard InChI is InChI=1S/C22H15BrFN3O2S/c23-17-7-3-5-15(11-17)13-25-26-22-27(14-18-8-4-10-29-18)21(28)20(30-22)12-16-6-1-2-9-19(16)24/h1-13H,14H2/b20-12-,25-13-,26-22+. The van der Waals surface area contributed by atoms with Gasteiger partial charge in [0.1, 0.15) is 11.6 Å². The molecule has 1 amide bonds. The number of thioether (sulfide) groups is 1. The SMILES string of the molecule is O=C1/C(=C/c2ccccc2F)S/C(=N/N=C\c2cccc(Br)c2)N1Cc1ccco1. The predicted molar refractivity (Wildman–Crippen MR) is 120 cm³/mol. The van der Waals surface area contributed by atoms with Gasteiger partial charge in [0.2, 0.25) is 0 Å². The van der Waals surface area contributed by atoms with Gasteiger partial charge in [-0.3, -0.25) is 9.69 Å². The van der Waals surface area contributed by atoms with E-state index in [-0.39, 0.29) is 12.5 Å². The number of hydrogen-bond donors (Lipinski definition) is 0. The molecule has 3 aromatic rings. The van der Waals surface area contributed by atoms with Crippen LogP contribution in [0.3, 0.4) is 0 Å². The number of halogens is 2. The molecule has 8 heteroatoms. The molecule has 0 saturated carbocycles. The molecule has 1 aliphatic heterocycles. The lowest BCUT2D eigenvalue weighted by atomic mass is 10.2. The Kier molecular flexibility index (Phi) is 6.25. The highest BCUT2D eigenvalue weighted by molar-refractivity contribution is 9.10. The summed E-state index contributed by atoms with van der Waals surface area (Å²) < 4.78 is 20.3. The van der Waals surface area contributed by atoms with Crippen LogP contribution in [0, 0.1) is 5.82 Å². The maximum atomic E-state index is 14.0. The average Bonchev–Trinajstić information content (AvgIpc) is 3.34. The number of nitrogens with zero attached hydrogens (tertiary/aromatic N) is 3. The van der Waals surface area contributed by atoms with Crippen molar-refractivity contribution in [3.05, 3.63) is 99.0 Å². The van der Waals surface area contributed by atoms with E-state index in [1.54, 1.807) is 42.8 Å². The number of benzene rings is 2. The van der Waals surface area contributed by atoms with Gasteiger partial charge in [-0.25, -0.2) is 4.39 Å². The summed E-state index contributed by atoms with van der Waals surface area (Å²) in [6, 6.07) is 17.4. The van der Waals surface area contributed by atoms with Crippen molar-refractivity contribution in [1.29, 1.82) is 0 Å². The van der Waals surface area contributed by atoms with Gasteiger partial charge in [0.15, 0.2) is 5.17 Å². The number of amides is 1. The number of furan rings is 1. The molecule has 5 nitrogen and oxygen atoms in total. The van der Waals surface area contributed by atoms with Gasteiger partial charge >= 0.3 is 0 Å². The Morgan fingerprint density at radius 1 is 1.13 bits per heavy atom. The van der Waals surface area contributed by atoms with Crippen molar-refractivity contribution in [2.45, 2.75) is 6.54 Å². The first-order valence-electron chi connectivity index (χ1n) is 8.95. The lowest BCUT2D eigenvalue weighted by Gasteiger charge is -2.12. The lowest BCUT2D eigenvalue weighted by molar-refractivity contribution is -0.122. The van der Waals surface area contributed by atoms with Gasteiger partial charge < -0.3 is 4.42 Å². The first-order valence-corrected chi connectivity index (χ1v) is 10.6. The van der Waals surface area contributed by atoms with Crippen molar-refractivity contribution in [3.8, 4) is 0 Å². The zero-order chi connectivity index (χ0) is 20.9. The van der Waals surface area contributed by atoms with Crippen LogP contribution < -0.4 is 0 Å². The van der Waals surface area contributed by atoms with E-state index in [1.807, 2.05) is 24.3 Å². The van der Waals surface area contributed by atoms with Gasteiger partial charge in [0.05, 0.1) is 23.9 Å². The Labute approximate surface area is 185 Å². The van der Waals surface area contributed by atoms with Gasteiger partial charge in [-0.05, 0) is 53.7 Å². The fourth-order valence-electron chi connectivity index (χ4n) is 2.75. The molecular formula is C22H15BrFN3O2S. The van der Waals surface area contributed by atoms with Crippen LogP contribution in [-0.4, -0.2) is 22.2 Å². The highest BCUT2D eigenvalue weighted by Gasteiger charge is 2.34. The summed E-state index contributed by atoms with van der Waals surface area (Å²) in [5.41, 5.74) is 1.20. The van der Waals surface area contributed by atoms with Crippen LogP contribution in [-0.2, 0) is 11.3 Å². The molecular weight excluding hydrogens is 469 g/mol. The van der Waals surface area contributed by atoms with Crippen molar-refractivity contribution < 1.29 is 13.6 Å². The molecule has 0 bridgehead atoms. The summed E-state index contributed by atoms with van der Waals surface area (Å²) in [5.74, 6) is -0.0649. The van der Waals surface area contributed by atoms with Crippen LogP contribution in [0.4, 0.5) is 4.39 Å². The second kappa shape index (κ2) is 9.23. The smallest absolute Gasteiger partial charge is 0.267 e. The average molecular weight is 484 g/mol. The van der Waals surface area contributed by atoms with Crippen LogP contribution in [0.15, 0.2) is 90.9 Å². The normalized spacial score (nSPS) is 17.0. The number of amidine groups is 1. The fourth-order valence-corrected chi connectivity index (χ4v) is 4.09. The molecule has 1 saturated heterocycles. The lowest BCUT2D eigenvalue weighted by Crippen LogP contribution is -2.28. The first-order chi connectivity index (χ1) is 14.6. The van der Waals surface area contributed by atoms with Gasteiger partial charge in [0.25, 0.3) is 5.91 Å². The van der Waals surface area contributed by atoms with E-state index in [2.05, 4.69) is 26.1 Å². The fraction of sp³-hybridized carbons (Fsp3) is 0.0455. The number of carbonyl (C=O) groups is 1. The van der Waals surface area contributed by atoms with Crippen LogP contribution in [0.5, 0.6) is 0 Å². The molecule has 0 radical (unpaired) electrons. The van der Waals surface area contributed by atoms with E-state index in [0.717, 1.165) is 21.8 Å². The summed E-state index contributed by atoms with van der Waals surface area (Å²) in [6.45, 7) is 0.207. The minimum Gasteiger partial charge on any atom is -0.467 e. The second-order valence-corrected chi connectivity index (χ2v) is 8.21. The molecule has 0 aliphatic carbocycles. The second-order valence-electron chi connectivity index (χ2n) is 6.28. The van der Waals surface area contributed by atoms with Crippen LogP contribution in [0.25, 0.3) is 6.08 Å². The molecule has 2 heterocycles. The van der Waals surface area contributed by atoms with E-state index >= 15 is 0 Å². The van der Waals surface area contributed by atoms with Crippen molar-refractivity contribution in [1.82, 2.24) is 4.90 Å². The number of hydrogen-bond acceptors (Lipinski definition) is 5. The maximum absolute atomic E-state index is 14.0. The number of carbonyl (C=O) groups excluding carboxylic acids is 1. The third kappa shape index (κ3) is 4.77. The summed E-state index contributed by atoms with van der Waals surface area (Å²) >= 11 is 4.56. The monoisotopic (exact) mass is 483 g/mol. The predicted octanol–water partition coefficient (Wildman–Crippen LogP) is 5.69. The first kappa shape index (κ1) is 20.3. The molecule has 1 aliphatic rings. The molecule has 2 aromatic carbocycles. The van der Waals surface area contributed by atoms with E-state index < -0.39 is 5.82 Å². The Hall–Kier alpha value is -2.97. The van der Waals surface area contributed by atoms with Gasteiger partial charge in [-0.15, -0.1) is 5.10 Å². The van der Waals surface area contributed by atoms with Crippen LogP contribution in [0.1, 0.15) is 16.9 Å². The van der Waals surface area contributed by atoms with Crippen molar-refractivity contribution in [2.24, 2.45) is 10.2 Å². The van der Waals surface area contributed by atoms with Crippen molar-refractivity contribution in [3.63, 3.8) is 0 Å². The third-order valence-corrected chi connectivity index (χ3v) is 5.66. The molecule has 1 fully saturated rings. The molecule has 0 spiro atoms. The third-order valence-electron chi connectivity index (χ3n) is 4.17. The Morgan fingerprint density at radius 3 is 2.77 bits per heavy atom. The Morgan fingerprint density at radius 2 is 2.00 bits per heavy atom. The van der Waals surface area contributed by atoms with Crippen LogP contribution >= 0.6 is 27.7 Å². The van der Waals surface area contributed by atoms with E-state index in [4.69, 9.17) is 4.42 Å². The topological polar surface area (TPSA) is 58.2 Å². The van der Waals surface area contributed by atoms with E-state index in [9.17, 15) is 9.18 Å². The molecule has 0 N–H and O–H groups in total. The zero-order valence-electron chi connectivity index (χ0n) is 15.5. The Bertz CT molecular complexity index is 1160. The van der Waals surface area contributed by atoms with E-state index in [1.165, 1.54) is 17.0 Å². The highest BCUT2D eigenvalue weighted by Crippen LogP contribution is 2.34. The van der Waals surface area contributed by atoms with Crippen LogP contribution in [0.2, 0.25) is 0 Å². The van der Waals surface area contributed by atoms with Gasteiger partial charge in [-0.1, -0.05) is 46.3 Å². The van der Waals surface area contributed by atoms with E-state index in [0.29, 0.717) is 21.4 Å². The summed E-state index contributed by atoms with van der Waals surface area (Å²) in [7, 11) is 0. The summed E-state index contributed by atoms with van der Waals surface area (Å²) in [5, 5.41) is 8.76. The summed E-state index contributed by atoms with van der Waals surface area (Å²) in [4.78, 5) is 14.8. The molecule has 1 aromatic heterocycles. The molecule has 4 rings (SSSR count). The molecule has 0 atom stereocenters. The summed E-state index contributed by atoms with van der Waals surface area (Å²) in [6.07, 6.45) is 4.67. The highest BCUT2D eigenvalue weighted by atomic mass is 79.9. The number of rotatable bonds is 5. The largest absolute Gasteiger partial charge is 0.467 e. The minimum atomic E-state index is -0.394. The minimum absolute atomic E-state index is 0.207. The molecule has 0 unspecified atom stereocenters. The van der Waals surface area contributed by atoms with Gasteiger partial charge in [0, 0.05) is 10.0 Å². The van der Waals surface area contributed by atoms with Gasteiger partial charge in [-0.2, -0.15) is 5.10 Å².